The van der Waals surface area contributed by atoms with Crippen molar-refractivity contribution in [2.75, 3.05) is 13.1 Å². The van der Waals surface area contributed by atoms with Gasteiger partial charge in [0.15, 0.2) is 0 Å². The fourth-order valence-corrected chi connectivity index (χ4v) is 4.98. The van der Waals surface area contributed by atoms with Crippen LogP contribution in [0, 0.1) is 5.92 Å². The third-order valence-corrected chi connectivity index (χ3v) is 6.77. The molecule has 5 nitrogen and oxygen atoms in total. The van der Waals surface area contributed by atoms with Crippen molar-refractivity contribution >= 4 is 45.6 Å². The third kappa shape index (κ3) is 7.16. The molecule has 0 amide bonds. The molecule has 0 radical (unpaired) electrons. The summed E-state index contributed by atoms with van der Waals surface area (Å²) in [7, 11) is -3.52. The zero-order chi connectivity index (χ0) is 18.4. The van der Waals surface area contributed by atoms with Gasteiger partial charge >= 0.3 is 0 Å². The van der Waals surface area contributed by atoms with E-state index < -0.39 is 10.0 Å². The first-order valence-electron chi connectivity index (χ1n) is 9.61. The Balaban J connectivity index is 0.00000196. The lowest BCUT2D eigenvalue weighted by Crippen LogP contribution is -2.40. The molecule has 0 bridgehead atoms. The van der Waals surface area contributed by atoms with Crippen molar-refractivity contribution in [1.29, 1.82) is 0 Å². The fraction of sp³-hybridized carbons (Fsp3) is 0.550. The van der Waals surface area contributed by atoms with E-state index in [1.807, 2.05) is 13.0 Å². The van der Waals surface area contributed by atoms with Gasteiger partial charge in [-0.25, -0.2) is 13.1 Å². The maximum Gasteiger partial charge on any atom is 0.240 e. The zero-order valence-electron chi connectivity index (χ0n) is 16.3. The van der Waals surface area contributed by atoms with Gasteiger partial charge in [0, 0.05) is 30.4 Å². The highest BCUT2D eigenvalue weighted by Crippen LogP contribution is 2.25. The second kappa shape index (κ2) is 11.9. The number of hydrogen-bond donors (Lipinski definition) is 2. The molecule has 1 atom stereocenters. The maximum atomic E-state index is 12.6. The first-order chi connectivity index (χ1) is 12.5. The molecular weight excluding hydrogens is 417 g/mol. The molecule has 1 aliphatic carbocycles. The highest BCUT2D eigenvalue weighted by molar-refractivity contribution is 7.89. The summed E-state index contributed by atoms with van der Waals surface area (Å²) in [5.74, 6) is 0.843. The molecule has 0 saturated heterocycles. The second-order valence-corrected chi connectivity index (χ2v) is 9.12. The zero-order valence-corrected chi connectivity index (χ0v) is 18.7. The van der Waals surface area contributed by atoms with Crippen molar-refractivity contribution in [2.45, 2.75) is 56.4 Å². The van der Waals surface area contributed by atoms with E-state index in [2.05, 4.69) is 15.0 Å². The van der Waals surface area contributed by atoms with Gasteiger partial charge in [0.25, 0.3) is 0 Å². The van der Waals surface area contributed by atoms with E-state index in [1.54, 1.807) is 30.6 Å². The van der Waals surface area contributed by atoms with Crippen LogP contribution in [0.15, 0.2) is 41.6 Å². The van der Waals surface area contributed by atoms with E-state index in [0.717, 1.165) is 23.2 Å². The van der Waals surface area contributed by atoms with Crippen molar-refractivity contribution in [2.24, 2.45) is 5.92 Å². The van der Waals surface area contributed by atoms with E-state index in [-0.39, 0.29) is 30.9 Å². The fourth-order valence-electron chi connectivity index (χ4n) is 3.70. The minimum atomic E-state index is -3.52. The van der Waals surface area contributed by atoms with E-state index in [4.69, 9.17) is 0 Å². The van der Waals surface area contributed by atoms with E-state index in [1.165, 1.54) is 38.5 Å². The molecule has 1 fully saturated rings. The molecule has 1 aromatic carbocycles. The van der Waals surface area contributed by atoms with Crippen LogP contribution < -0.4 is 10.0 Å². The van der Waals surface area contributed by atoms with E-state index in [0.29, 0.717) is 11.4 Å². The molecule has 3 rings (SSSR count). The van der Waals surface area contributed by atoms with Crippen LogP contribution in [0.3, 0.4) is 0 Å². The number of hydrogen-bond acceptors (Lipinski definition) is 4. The lowest BCUT2D eigenvalue weighted by Gasteiger charge is -2.22. The van der Waals surface area contributed by atoms with Gasteiger partial charge < -0.3 is 5.32 Å². The Kier molecular flexibility index (Phi) is 10.7. The molecule has 8 heteroatoms. The van der Waals surface area contributed by atoms with E-state index in [9.17, 15) is 8.42 Å². The highest BCUT2D eigenvalue weighted by atomic mass is 35.5. The minimum Gasteiger partial charge on any atom is -0.315 e. The predicted octanol–water partition coefficient (Wildman–Crippen LogP) is 4.31. The molecule has 0 spiro atoms. The van der Waals surface area contributed by atoms with Gasteiger partial charge in [-0.1, -0.05) is 38.2 Å². The SMILES string of the molecule is C[C@H](CNCCC1CCCCC1)NS(=O)(=O)c1ccc2cnccc2c1.Cl.Cl. The Morgan fingerprint density at radius 2 is 1.86 bits per heavy atom. The molecule has 0 unspecified atom stereocenters. The summed E-state index contributed by atoms with van der Waals surface area (Å²) in [5.41, 5.74) is 0. The Labute approximate surface area is 181 Å². The number of pyridine rings is 1. The molecule has 28 heavy (non-hydrogen) atoms. The number of aromatic nitrogens is 1. The summed E-state index contributed by atoms with van der Waals surface area (Å²) < 4.78 is 28.0. The lowest BCUT2D eigenvalue weighted by atomic mass is 9.87. The van der Waals surface area contributed by atoms with Crippen molar-refractivity contribution < 1.29 is 8.42 Å². The number of benzene rings is 1. The van der Waals surface area contributed by atoms with Crippen LogP contribution in [0.2, 0.25) is 0 Å². The summed E-state index contributed by atoms with van der Waals surface area (Å²) in [6.45, 7) is 3.50. The van der Waals surface area contributed by atoms with Crippen LogP contribution in [-0.2, 0) is 10.0 Å². The number of nitrogens with zero attached hydrogens (tertiary/aromatic N) is 1. The van der Waals surface area contributed by atoms with Gasteiger partial charge in [-0.05, 0) is 49.4 Å². The van der Waals surface area contributed by atoms with Gasteiger partial charge in [-0.15, -0.1) is 24.8 Å². The van der Waals surface area contributed by atoms with Crippen LogP contribution in [0.5, 0.6) is 0 Å². The summed E-state index contributed by atoms with van der Waals surface area (Å²) >= 11 is 0. The van der Waals surface area contributed by atoms with Gasteiger partial charge in [0.05, 0.1) is 4.90 Å². The third-order valence-electron chi connectivity index (χ3n) is 5.18. The molecule has 1 heterocycles. The van der Waals surface area contributed by atoms with Crippen molar-refractivity contribution in [1.82, 2.24) is 15.0 Å². The average Bonchev–Trinajstić information content (AvgIpc) is 2.65. The number of halogens is 2. The predicted molar refractivity (Wildman–Crippen MR) is 120 cm³/mol. The average molecular weight is 448 g/mol. The Hall–Kier alpha value is -0.920. The summed E-state index contributed by atoms with van der Waals surface area (Å²) in [6.07, 6.45) is 11.4. The first-order valence-corrected chi connectivity index (χ1v) is 11.1. The van der Waals surface area contributed by atoms with E-state index >= 15 is 0 Å². The molecule has 158 valence electrons. The topological polar surface area (TPSA) is 71.1 Å². The molecular formula is C20H31Cl2N3O2S. The number of sulfonamides is 1. The van der Waals surface area contributed by atoms with Crippen molar-refractivity contribution in [3.05, 3.63) is 36.7 Å². The second-order valence-electron chi connectivity index (χ2n) is 7.40. The number of rotatable bonds is 8. The summed E-state index contributed by atoms with van der Waals surface area (Å²) in [6, 6.07) is 6.80. The quantitative estimate of drug-likeness (QED) is 0.591. The Bertz CT molecular complexity index is 827. The molecule has 1 aromatic heterocycles. The normalized spacial score (nSPS) is 16.2. The van der Waals surface area contributed by atoms with Gasteiger partial charge in [0.1, 0.15) is 0 Å². The molecule has 2 aromatic rings. The number of nitrogens with one attached hydrogen (secondary N) is 2. The van der Waals surface area contributed by atoms with Gasteiger partial charge in [-0.3, -0.25) is 4.98 Å². The van der Waals surface area contributed by atoms with Crippen LogP contribution in [-0.4, -0.2) is 32.5 Å². The van der Waals surface area contributed by atoms with Crippen LogP contribution in [0.4, 0.5) is 0 Å². The molecule has 1 saturated carbocycles. The van der Waals surface area contributed by atoms with Gasteiger partial charge in [-0.2, -0.15) is 0 Å². The molecule has 1 aliphatic rings. The van der Waals surface area contributed by atoms with Crippen molar-refractivity contribution in [3.63, 3.8) is 0 Å². The van der Waals surface area contributed by atoms with Gasteiger partial charge in [0.2, 0.25) is 10.0 Å². The smallest absolute Gasteiger partial charge is 0.240 e. The standard InChI is InChI=1S/C20H29N3O2S.2ClH/c1-16(14-21-11-9-17-5-3-2-4-6-17)23-26(24,25)20-8-7-19-15-22-12-10-18(19)13-20;;/h7-8,10,12-13,15-17,21,23H,2-6,9,11,14H2,1H3;2*1H/t16-;;/m1../s1. The van der Waals surface area contributed by atoms with Crippen LogP contribution in [0.25, 0.3) is 10.8 Å². The molecule has 0 aliphatic heterocycles. The first kappa shape index (κ1) is 25.1. The van der Waals surface area contributed by atoms with Crippen molar-refractivity contribution in [3.8, 4) is 0 Å². The highest BCUT2D eigenvalue weighted by Gasteiger charge is 2.18. The molecule has 2 N–H and O–H groups in total. The summed E-state index contributed by atoms with van der Waals surface area (Å²) in [4.78, 5) is 4.35. The maximum absolute atomic E-state index is 12.6. The Morgan fingerprint density at radius 3 is 2.61 bits per heavy atom. The minimum absolute atomic E-state index is 0. The van der Waals surface area contributed by atoms with Crippen LogP contribution in [0.1, 0.15) is 45.4 Å². The largest absolute Gasteiger partial charge is 0.315 e. The lowest BCUT2D eigenvalue weighted by molar-refractivity contribution is 0.332. The number of fused-ring (bicyclic) bond motifs is 1. The monoisotopic (exact) mass is 447 g/mol. The van der Waals surface area contributed by atoms with Crippen LogP contribution >= 0.6 is 24.8 Å². The Morgan fingerprint density at radius 1 is 1.11 bits per heavy atom. The summed E-state index contributed by atoms with van der Waals surface area (Å²) in [5, 5.41) is 5.21.